The zero-order chi connectivity index (χ0) is 28.0. The molecule has 1 aliphatic rings. The van der Waals surface area contributed by atoms with Gasteiger partial charge in [-0.25, -0.2) is 8.42 Å². The quantitative estimate of drug-likeness (QED) is 0.342. The normalized spacial score (nSPS) is 17.7. The minimum absolute atomic E-state index is 0.0156. The van der Waals surface area contributed by atoms with Gasteiger partial charge in [-0.15, -0.1) is 0 Å². The Morgan fingerprint density at radius 2 is 1.69 bits per heavy atom. The van der Waals surface area contributed by atoms with Crippen molar-refractivity contribution < 1.29 is 27.5 Å². The molecule has 8 nitrogen and oxygen atoms in total. The molecule has 3 aromatic carbocycles. The lowest BCUT2D eigenvalue weighted by Crippen LogP contribution is -2.49. The van der Waals surface area contributed by atoms with E-state index in [-0.39, 0.29) is 47.9 Å². The molecule has 0 aromatic heterocycles. The number of benzene rings is 3. The van der Waals surface area contributed by atoms with Crippen LogP contribution in [0.3, 0.4) is 0 Å². The van der Waals surface area contributed by atoms with Crippen molar-refractivity contribution in [3.8, 4) is 0 Å². The lowest BCUT2D eigenvalue weighted by molar-refractivity contribution is -0.149. The van der Waals surface area contributed by atoms with Gasteiger partial charge in [0.1, 0.15) is 12.6 Å². The molecule has 0 unspecified atom stereocenters. The average Bonchev–Trinajstić information content (AvgIpc) is 3.35. The smallest absolute Gasteiger partial charge is 0.325 e. The molecular formula is C29H32N2O6S2. The monoisotopic (exact) mass is 568 g/mol. The van der Waals surface area contributed by atoms with Gasteiger partial charge in [0.25, 0.3) is 0 Å². The highest BCUT2D eigenvalue weighted by Gasteiger charge is 2.46. The topological polar surface area (TPSA) is 101 Å². The molecule has 10 heteroatoms. The Morgan fingerprint density at radius 3 is 2.38 bits per heavy atom. The fourth-order valence-corrected chi connectivity index (χ4v) is 7.54. The highest BCUT2D eigenvalue weighted by Crippen LogP contribution is 2.34. The number of fused-ring (bicyclic) bond motifs is 1. The molecule has 0 N–H and O–H groups in total. The van der Waals surface area contributed by atoms with Gasteiger partial charge < -0.3 is 9.64 Å². The van der Waals surface area contributed by atoms with E-state index in [0.29, 0.717) is 6.42 Å². The molecule has 0 radical (unpaired) electrons. The first-order chi connectivity index (χ1) is 18.7. The molecule has 0 saturated carbocycles. The van der Waals surface area contributed by atoms with Crippen molar-refractivity contribution in [1.29, 1.82) is 0 Å². The summed E-state index contributed by atoms with van der Waals surface area (Å²) in [6.45, 7) is 3.23. The van der Waals surface area contributed by atoms with E-state index in [1.165, 1.54) is 22.2 Å². The van der Waals surface area contributed by atoms with E-state index in [9.17, 15) is 22.8 Å². The molecule has 206 valence electrons. The van der Waals surface area contributed by atoms with Crippen molar-refractivity contribution >= 4 is 49.5 Å². The van der Waals surface area contributed by atoms with Gasteiger partial charge in [0.2, 0.25) is 15.9 Å². The van der Waals surface area contributed by atoms with Crippen LogP contribution in [0.5, 0.6) is 0 Å². The van der Waals surface area contributed by atoms with Crippen LogP contribution < -0.4 is 0 Å². The van der Waals surface area contributed by atoms with Gasteiger partial charge in [0, 0.05) is 25.3 Å². The lowest BCUT2D eigenvalue weighted by atomic mass is 10.1. The summed E-state index contributed by atoms with van der Waals surface area (Å²) >= 11 is 1.04. The van der Waals surface area contributed by atoms with E-state index in [1.54, 1.807) is 19.1 Å². The van der Waals surface area contributed by atoms with Crippen molar-refractivity contribution in [1.82, 2.24) is 9.21 Å². The maximum Gasteiger partial charge on any atom is 0.325 e. The van der Waals surface area contributed by atoms with Gasteiger partial charge in [-0.1, -0.05) is 72.4 Å². The number of esters is 1. The maximum atomic E-state index is 14.0. The zero-order valence-corrected chi connectivity index (χ0v) is 23.6. The number of amides is 1. The summed E-state index contributed by atoms with van der Waals surface area (Å²) in [7, 11) is -4.09. The van der Waals surface area contributed by atoms with Crippen LogP contribution in [-0.4, -0.2) is 72.1 Å². The Hall–Kier alpha value is -3.21. The molecule has 39 heavy (non-hydrogen) atoms. The van der Waals surface area contributed by atoms with Crippen molar-refractivity contribution in [2.75, 3.05) is 26.2 Å². The Bertz CT molecular complexity index is 1440. The number of rotatable bonds is 10. The van der Waals surface area contributed by atoms with E-state index >= 15 is 0 Å². The van der Waals surface area contributed by atoms with Gasteiger partial charge in [-0.2, -0.15) is 4.31 Å². The van der Waals surface area contributed by atoms with Crippen LogP contribution in [0.25, 0.3) is 10.8 Å². The first-order valence-corrected chi connectivity index (χ1v) is 15.2. The highest BCUT2D eigenvalue weighted by atomic mass is 32.2. The van der Waals surface area contributed by atoms with E-state index < -0.39 is 27.9 Å². The van der Waals surface area contributed by atoms with Crippen LogP contribution in [0, 0.1) is 0 Å². The molecule has 1 aliphatic heterocycles. The molecule has 4 rings (SSSR count). The molecule has 0 aliphatic carbocycles. The molecule has 1 heterocycles. The Balaban J connectivity index is 1.65. The number of hydrogen-bond acceptors (Lipinski definition) is 7. The van der Waals surface area contributed by atoms with E-state index in [2.05, 4.69) is 0 Å². The minimum Gasteiger partial charge on any atom is -0.465 e. The second-order valence-corrected chi connectivity index (χ2v) is 12.7. The van der Waals surface area contributed by atoms with Gasteiger partial charge in [-0.3, -0.25) is 14.4 Å². The summed E-state index contributed by atoms with van der Waals surface area (Å²) in [5.41, 5.74) is 0.983. The summed E-state index contributed by atoms with van der Waals surface area (Å²) in [5, 5.41) is 1.13. The third-order valence-electron chi connectivity index (χ3n) is 6.61. The number of carbonyl (C=O) groups is 3. The number of hydrogen-bond donors (Lipinski definition) is 0. The third kappa shape index (κ3) is 7.06. The van der Waals surface area contributed by atoms with Gasteiger partial charge in [0.05, 0.1) is 11.5 Å². The fourth-order valence-electron chi connectivity index (χ4n) is 4.79. The summed E-state index contributed by atoms with van der Waals surface area (Å²) in [6.07, 6.45) is 0.655. The van der Waals surface area contributed by atoms with Crippen LogP contribution >= 0.6 is 11.8 Å². The van der Waals surface area contributed by atoms with Crippen LogP contribution in [-0.2, 0) is 35.6 Å². The third-order valence-corrected chi connectivity index (χ3v) is 9.49. The summed E-state index contributed by atoms with van der Waals surface area (Å²) in [6, 6.07) is 20.8. The molecule has 2 atom stereocenters. The van der Waals surface area contributed by atoms with Gasteiger partial charge >= 0.3 is 5.97 Å². The standard InChI is InChI=1S/C29H32N2O6S2/c1-3-37-28(33)20-30(16-15-22-9-5-4-6-10-22)29(34)27-18-25(38-21(2)32)19-31(27)39(35,36)26-14-13-23-11-7-8-12-24(23)17-26/h4-14,17,25,27H,3,15-16,18-20H2,1-2H3/t25-,27+/m1/s1. The van der Waals surface area contributed by atoms with Crippen molar-refractivity contribution in [3.05, 3.63) is 78.4 Å². The van der Waals surface area contributed by atoms with Crippen molar-refractivity contribution in [2.45, 2.75) is 42.9 Å². The zero-order valence-electron chi connectivity index (χ0n) is 22.0. The number of sulfonamides is 1. The largest absolute Gasteiger partial charge is 0.465 e. The highest BCUT2D eigenvalue weighted by molar-refractivity contribution is 8.14. The van der Waals surface area contributed by atoms with E-state index in [0.717, 1.165) is 28.1 Å². The number of carbonyl (C=O) groups excluding carboxylic acids is 3. The van der Waals surface area contributed by atoms with Crippen LogP contribution in [0.15, 0.2) is 77.7 Å². The Kier molecular flexibility index (Phi) is 9.42. The molecule has 1 fully saturated rings. The maximum absolute atomic E-state index is 14.0. The lowest BCUT2D eigenvalue weighted by Gasteiger charge is -2.29. The minimum atomic E-state index is -4.09. The Morgan fingerprint density at radius 1 is 1.00 bits per heavy atom. The van der Waals surface area contributed by atoms with E-state index in [4.69, 9.17) is 4.74 Å². The van der Waals surface area contributed by atoms with Crippen LogP contribution in [0.1, 0.15) is 25.8 Å². The number of thioether (sulfide) groups is 1. The molecule has 0 spiro atoms. The van der Waals surface area contributed by atoms with Crippen molar-refractivity contribution in [3.63, 3.8) is 0 Å². The molecule has 1 saturated heterocycles. The van der Waals surface area contributed by atoms with Crippen LogP contribution in [0.2, 0.25) is 0 Å². The summed E-state index contributed by atoms with van der Waals surface area (Å²) in [5.74, 6) is -1.04. The van der Waals surface area contributed by atoms with Crippen molar-refractivity contribution in [2.24, 2.45) is 0 Å². The van der Waals surface area contributed by atoms with E-state index in [1.807, 2.05) is 54.6 Å². The predicted octanol–water partition coefficient (Wildman–Crippen LogP) is 3.89. The molecule has 1 amide bonds. The molecule has 3 aromatic rings. The van der Waals surface area contributed by atoms with Gasteiger partial charge in [-0.05, 0) is 48.2 Å². The predicted molar refractivity (Wildman–Crippen MR) is 152 cm³/mol. The second-order valence-electron chi connectivity index (χ2n) is 9.37. The fraction of sp³-hybridized carbons (Fsp3) is 0.345. The number of ether oxygens (including phenoxy) is 1. The molecule has 0 bridgehead atoms. The number of nitrogens with zero attached hydrogens (tertiary/aromatic N) is 2. The molecular weight excluding hydrogens is 536 g/mol. The Labute approximate surface area is 233 Å². The first kappa shape index (κ1) is 28.8. The summed E-state index contributed by atoms with van der Waals surface area (Å²) in [4.78, 5) is 39.7. The van der Waals surface area contributed by atoms with Gasteiger partial charge in [0.15, 0.2) is 5.12 Å². The average molecular weight is 569 g/mol. The second kappa shape index (κ2) is 12.8. The summed E-state index contributed by atoms with van der Waals surface area (Å²) < 4.78 is 34.1. The van der Waals surface area contributed by atoms with Crippen LogP contribution in [0.4, 0.5) is 0 Å². The first-order valence-electron chi connectivity index (χ1n) is 12.8. The SMILES string of the molecule is CCOC(=O)CN(CCc1ccccc1)C(=O)[C@@H]1C[C@@H](SC(C)=O)CN1S(=O)(=O)c1ccc2ccccc2c1.